The summed E-state index contributed by atoms with van der Waals surface area (Å²) >= 11 is 0. The summed E-state index contributed by atoms with van der Waals surface area (Å²) in [6.45, 7) is 4.48. The molecule has 1 aromatic carbocycles. The fraction of sp³-hybridized carbons (Fsp3) is 0.400. The van der Waals surface area contributed by atoms with E-state index in [0.29, 0.717) is 0 Å². The second-order valence-electron chi connectivity index (χ2n) is 7.21. The largest absolute Gasteiger partial charge is 0.357 e. The van der Waals surface area contributed by atoms with Gasteiger partial charge in [0, 0.05) is 31.4 Å². The standard InChI is InChI=1S/C20H23F2N3O3S/c1-14-8-10-25(11-9-14)18-7-2-15(12-23-18)13-24-19(26)16-3-5-17(6-4-16)29(27,28)20(21)22/h2-7,12,14,20H,8-11,13H2,1H3,(H,24,26). The Morgan fingerprint density at radius 1 is 1.17 bits per heavy atom. The van der Waals surface area contributed by atoms with Gasteiger partial charge in [-0.25, -0.2) is 13.4 Å². The number of hydrogen-bond donors (Lipinski definition) is 1. The Morgan fingerprint density at radius 2 is 1.83 bits per heavy atom. The molecule has 0 bridgehead atoms. The Hall–Kier alpha value is -2.55. The number of sulfone groups is 1. The molecule has 156 valence electrons. The van der Waals surface area contributed by atoms with Crippen molar-refractivity contribution in [2.24, 2.45) is 5.92 Å². The molecule has 1 N–H and O–H groups in total. The molecule has 0 radical (unpaired) electrons. The van der Waals surface area contributed by atoms with E-state index < -0.39 is 26.4 Å². The fourth-order valence-electron chi connectivity index (χ4n) is 3.13. The lowest BCUT2D eigenvalue weighted by Crippen LogP contribution is -2.33. The summed E-state index contributed by atoms with van der Waals surface area (Å²) < 4.78 is 47.9. The zero-order valence-corrected chi connectivity index (χ0v) is 16.8. The highest BCUT2D eigenvalue weighted by atomic mass is 32.2. The SMILES string of the molecule is CC1CCN(c2ccc(CNC(=O)c3ccc(S(=O)(=O)C(F)F)cc3)cn2)CC1. The van der Waals surface area contributed by atoms with E-state index in [4.69, 9.17) is 0 Å². The molecule has 1 aliphatic heterocycles. The Morgan fingerprint density at radius 3 is 2.38 bits per heavy atom. The van der Waals surface area contributed by atoms with Gasteiger partial charge in [0.15, 0.2) is 0 Å². The molecule has 29 heavy (non-hydrogen) atoms. The van der Waals surface area contributed by atoms with Gasteiger partial charge in [0.05, 0.1) is 4.90 Å². The highest BCUT2D eigenvalue weighted by molar-refractivity contribution is 7.91. The number of aromatic nitrogens is 1. The number of carbonyl (C=O) groups is 1. The number of rotatable bonds is 6. The zero-order chi connectivity index (χ0) is 21.0. The molecule has 0 saturated carbocycles. The van der Waals surface area contributed by atoms with Crippen LogP contribution in [0.4, 0.5) is 14.6 Å². The van der Waals surface area contributed by atoms with Crippen LogP contribution in [0.25, 0.3) is 0 Å². The third-order valence-electron chi connectivity index (χ3n) is 5.05. The Labute approximate surface area is 168 Å². The molecular weight excluding hydrogens is 400 g/mol. The number of halogens is 2. The van der Waals surface area contributed by atoms with Crippen molar-refractivity contribution >= 4 is 21.6 Å². The summed E-state index contributed by atoms with van der Waals surface area (Å²) in [7, 11) is -4.67. The number of amides is 1. The Balaban J connectivity index is 1.56. The summed E-state index contributed by atoms with van der Waals surface area (Å²) in [5.41, 5.74) is 1.01. The van der Waals surface area contributed by atoms with Crippen LogP contribution in [0, 0.1) is 5.92 Å². The van der Waals surface area contributed by atoms with Crippen LogP contribution in [0.15, 0.2) is 47.5 Å². The highest BCUT2D eigenvalue weighted by Gasteiger charge is 2.26. The van der Waals surface area contributed by atoms with Gasteiger partial charge in [0.1, 0.15) is 5.82 Å². The molecule has 0 unspecified atom stereocenters. The lowest BCUT2D eigenvalue weighted by Gasteiger charge is -2.31. The predicted molar refractivity (Wildman–Crippen MR) is 106 cm³/mol. The summed E-state index contributed by atoms with van der Waals surface area (Å²) in [5, 5.41) is 2.71. The predicted octanol–water partition coefficient (Wildman–Crippen LogP) is 3.24. The molecule has 6 nitrogen and oxygen atoms in total. The van der Waals surface area contributed by atoms with E-state index in [2.05, 4.69) is 22.1 Å². The van der Waals surface area contributed by atoms with E-state index in [1.807, 2.05) is 12.1 Å². The summed E-state index contributed by atoms with van der Waals surface area (Å²) in [6, 6.07) is 8.27. The van der Waals surface area contributed by atoms with E-state index in [1.165, 1.54) is 12.1 Å². The van der Waals surface area contributed by atoms with Gasteiger partial charge in [0.25, 0.3) is 5.91 Å². The normalized spacial score (nSPS) is 15.5. The number of carbonyl (C=O) groups excluding carboxylic acids is 1. The topological polar surface area (TPSA) is 79.4 Å². The van der Waals surface area contributed by atoms with Crippen molar-refractivity contribution in [1.29, 1.82) is 0 Å². The van der Waals surface area contributed by atoms with Crippen LogP contribution in [0.3, 0.4) is 0 Å². The van der Waals surface area contributed by atoms with Gasteiger partial charge in [-0.2, -0.15) is 8.78 Å². The van der Waals surface area contributed by atoms with E-state index in [9.17, 15) is 22.0 Å². The summed E-state index contributed by atoms with van der Waals surface area (Å²) in [4.78, 5) is 18.4. The number of nitrogens with zero attached hydrogens (tertiary/aromatic N) is 2. The Kier molecular flexibility index (Phi) is 6.46. The van der Waals surface area contributed by atoms with Crippen LogP contribution in [0.1, 0.15) is 35.7 Å². The molecule has 3 rings (SSSR count). The minimum absolute atomic E-state index is 0.185. The number of alkyl halides is 2. The van der Waals surface area contributed by atoms with Gasteiger partial charge >= 0.3 is 5.76 Å². The minimum atomic E-state index is -4.67. The second-order valence-corrected chi connectivity index (χ2v) is 9.12. The number of anilines is 1. The van der Waals surface area contributed by atoms with Gasteiger partial charge in [-0.3, -0.25) is 4.79 Å². The molecule has 9 heteroatoms. The van der Waals surface area contributed by atoms with Crippen molar-refractivity contribution < 1.29 is 22.0 Å². The smallest absolute Gasteiger partial charge is 0.341 e. The number of piperidine rings is 1. The quantitative estimate of drug-likeness (QED) is 0.772. The van der Waals surface area contributed by atoms with Crippen molar-refractivity contribution in [2.45, 2.75) is 37.0 Å². The van der Waals surface area contributed by atoms with E-state index in [0.717, 1.165) is 55.4 Å². The Bertz CT molecular complexity index is 940. The third-order valence-corrected chi connectivity index (χ3v) is 6.45. The van der Waals surface area contributed by atoms with Gasteiger partial charge in [-0.05, 0) is 54.7 Å². The molecule has 2 aromatic rings. The molecular formula is C20H23F2N3O3S. The molecule has 1 saturated heterocycles. The average Bonchev–Trinajstić information content (AvgIpc) is 2.73. The van der Waals surface area contributed by atoms with E-state index in [-0.39, 0.29) is 12.1 Å². The molecule has 0 aliphatic carbocycles. The van der Waals surface area contributed by atoms with Crippen LogP contribution in [-0.4, -0.2) is 38.2 Å². The molecule has 0 spiro atoms. The van der Waals surface area contributed by atoms with Gasteiger partial charge in [0.2, 0.25) is 9.84 Å². The molecule has 1 aromatic heterocycles. The van der Waals surface area contributed by atoms with Crippen molar-refractivity contribution in [1.82, 2.24) is 10.3 Å². The van der Waals surface area contributed by atoms with Crippen LogP contribution in [0.5, 0.6) is 0 Å². The number of nitrogens with one attached hydrogen (secondary N) is 1. The van der Waals surface area contributed by atoms with E-state index >= 15 is 0 Å². The van der Waals surface area contributed by atoms with Crippen molar-refractivity contribution in [3.63, 3.8) is 0 Å². The molecule has 2 heterocycles. The molecule has 1 aliphatic rings. The fourth-order valence-corrected chi connectivity index (χ4v) is 3.85. The lowest BCUT2D eigenvalue weighted by atomic mass is 9.99. The van der Waals surface area contributed by atoms with Gasteiger partial charge in [-0.15, -0.1) is 0 Å². The van der Waals surface area contributed by atoms with Crippen molar-refractivity contribution in [3.8, 4) is 0 Å². The molecule has 0 atom stereocenters. The van der Waals surface area contributed by atoms with Gasteiger partial charge in [-0.1, -0.05) is 13.0 Å². The zero-order valence-electron chi connectivity index (χ0n) is 16.0. The first-order chi connectivity index (χ1) is 13.8. The minimum Gasteiger partial charge on any atom is -0.357 e. The molecule has 1 fully saturated rings. The third kappa shape index (κ3) is 5.09. The van der Waals surface area contributed by atoms with E-state index in [1.54, 1.807) is 6.20 Å². The lowest BCUT2D eigenvalue weighted by molar-refractivity contribution is 0.0951. The summed E-state index contributed by atoms with van der Waals surface area (Å²) in [6.07, 6.45) is 4.01. The average molecular weight is 423 g/mol. The van der Waals surface area contributed by atoms with Crippen LogP contribution in [0.2, 0.25) is 0 Å². The summed E-state index contributed by atoms with van der Waals surface area (Å²) in [5.74, 6) is -2.26. The number of hydrogen-bond acceptors (Lipinski definition) is 5. The number of pyridine rings is 1. The van der Waals surface area contributed by atoms with Crippen LogP contribution < -0.4 is 10.2 Å². The highest BCUT2D eigenvalue weighted by Crippen LogP contribution is 2.21. The molecule has 1 amide bonds. The van der Waals surface area contributed by atoms with Crippen LogP contribution >= 0.6 is 0 Å². The maximum Gasteiger partial charge on any atom is 0.341 e. The first-order valence-corrected chi connectivity index (χ1v) is 10.9. The number of benzene rings is 1. The van der Waals surface area contributed by atoms with Gasteiger partial charge < -0.3 is 10.2 Å². The second kappa shape index (κ2) is 8.86. The first kappa shape index (κ1) is 21.2. The maximum absolute atomic E-state index is 12.6. The maximum atomic E-state index is 12.6. The van der Waals surface area contributed by atoms with Crippen LogP contribution in [-0.2, 0) is 16.4 Å². The van der Waals surface area contributed by atoms with Crippen molar-refractivity contribution in [3.05, 3.63) is 53.7 Å². The van der Waals surface area contributed by atoms with Crippen molar-refractivity contribution in [2.75, 3.05) is 18.0 Å². The first-order valence-electron chi connectivity index (χ1n) is 9.37. The monoisotopic (exact) mass is 423 g/mol.